The number of esters is 1. The second kappa shape index (κ2) is 9.10. The molecule has 0 saturated heterocycles. The largest absolute Gasteiger partial charge is 0.466 e. The van der Waals surface area contributed by atoms with Crippen molar-refractivity contribution < 1.29 is 9.53 Å². The summed E-state index contributed by atoms with van der Waals surface area (Å²) in [6.07, 6.45) is 3.49. The van der Waals surface area contributed by atoms with Crippen LogP contribution in [0.15, 0.2) is 23.1 Å². The van der Waals surface area contributed by atoms with E-state index in [-0.39, 0.29) is 5.97 Å². The van der Waals surface area contributed by atoms with Crippen molar-refractivity contribution in [2.24, 2.45) is 0 Å². The van der Waals surface area contributed by atoms with Gasteiger partial charge in [0.05, 0.1) is 6.61 Å². The number of nitrogens with two attached hydrogens (primary N) is 1. The highest BCUT2D eigenvalue weighted by Crippen LogP contribution is 2.28. The Morgan fingerprint density at radius 3 is 2.84 bits per heavy atom. The third-order valence-corrected chi connectivity index (χ3v) is 3.97. The van der Waals surface area contributed by atoms with Crippen molar-refractivity contribution in [3.63, 3.8) is 0 Å². The minimum atomic E-state index is -0.0999. The molecule has 19 heavy (non-hydrogen) atoms. The average Bonchev–Trinajstić information content (AvgIpc) is 2.36. The molecular weight excluding hydrogens is 282 g/mol. The zero-order valence-corrected chi connectivity index (χ0v) is 12.7. The molecule has 0 unspecified atom stereocenters. The summed E-state index contributed by atoms with van der Waals surface area (Å²) in [5.41, 5.74) is 6.59. The number of rotatable bonds is 8. The van der Waals surface area contributed by atoms with E-state index in [1.54, 1.807) is 17.8 Å². The number of ether oxygens (including phenoxy) is 1. The molecule has 0 heterocycles. The number of benzene rings is 1. The van der Waals surface area contributed by atoms with Crippen molar-refractivity contribution in [2.75, 3.05) is 18.1 Å². The lowest BCUT2D eigenvalue weighted by atomic mass is 10.2. The standard InChI is InChI=1S/C14H20ClNO2S/c1-2-18-14(17)6-4-3-5-9-19-13-8-7-11(15)10-12(13)16/h7-8,10H,2-6,9,16H2,1H3. The van der Waals surface area contributed by atoms with Crippen molar-refractivity contribution in [1.29, 1.82) is 0 Å². The zero-order valence-electron chi connectivity index (χ0n) is 11.2. The SMILES string of the molecule is CCOC(=O)CCCCCSc1ccc(Cl)cc1N. The van der Waals surface area contributed by atoms with Crippen LogP contribution in [0.5, 0.6) is 0 Å². The average molecular weight is 302 g/mol. The summed E-state index contributed by atoms with van der Waals surface area (Å²) < 4.78 is 4.87. The molecule has 1 aromatic carbocycles. The fraction of sp³-hybridized carbons (Fsp3) is 0.500. The van der Waals surface area contributed by atoms with Gasteiger partial charge in [0.25, 0.3) is 0 Å². The molecule has 0 fully saturated rings. The Kier molecular flexibility index (Phi) is 7.75. The van der Waals surface area contributed by atoms with Gasteiger partial charge in [0.2, 0.25) is 0 Å². The van der Waals surface area contributed by atoms with Crippen LogP contribution in [0.1, 0.15) is 32.6 Å². The molecule has 0 aliphatic carbocycles. The van der Waals surface area contributed by atoms with Crippen molar-refractivity contribution in [3.05, 3.63) is 23.2 Å². The summed E-state index contributed by atoms with van der Waals surface area (Å²) >= 11 is 7.57. The maximum atomic E-state index is 11.1. The number of thioether (sulfide) groups is 1. The van der Waals surface area contributed by atoms with Gasteiger partial charge < -0.3 is 10.5 Å². The Morgan fingerprint density at radius 1 is 1.37 bits per heavy atom. The number of hydrogen-bond acceptors (Lipinski definition) is 4. The van der Waals surface area contributed by atoms with Crippen LogP contribution in [0.25, 0.3) is 0 Å². The fourth-order valence-corrected chi connectivity index (χ4v) is 2.75. The molecule has 0 aromatic heterocycles. The van der Waals surface area contributed by atoms with Gasteiger partial charge in [0.15, 0.2) is 0 Å². The van der Waals surface area contributed by atoms with Gasteiger partial charge in [-0.05, 0) is 43.7 Å². The number of carbonyl (C=O) groups excluding carboxylic acids is 1. The summed E-state index contributed by atoms with van der Waals surface area (Å²) in [4.78, 5) is 12.2. The third kappa shape index (κ3) is 6.73. The van der Waals surface area contributed by atoms with Crippen LogP contribution in [0.2, 0.25) is 5.02 Å². The van der Waals surface area contributed by atoms with Gasteiger partial charge in [0.1, 0.15) is 0 Å². The first kappa shape index (κ1) is 16.2. The van der Waals surface area contributed by atoms with Gasteiger partial charge in [-0.3, -0.25) is 4.79 Å². The smallest absolute Gasteiger partial charge is 0.305 e. The molecule has 0 spiro atoms. The second-order valence-electron chi connectivity index (χ2n) is 4.15. The van der Waals surface area contributed by atoms with Gasteiger partial charge in [-0.25, -0.2) is 0 Å². The molecule has 1 aromatic rings. The summed E-state index contributed by atoms with van der Waals surface area (Å²) in [5.74, 6) is 0.895. The van der Waals surface area contributed by atoms with Gasteiger partial charge in [-0.2, -0.15) is 0 Å². The third-order valence-electron chi connectivity index (χ3n) is 2.56. The summed E-state index contributed by atoms with van der Waals surface area (Å²) in [5, 5.41) is 0.663. The predicted octanol–water partition coefficient (Wildman–Crippen LogP) is 4.14. The highest BCUT2D eigenvalue weighted by atomic mass is 35.5. The quantitative estimate of drug-likeness (QED) is 0.339. The Hall–Kier alpha value is -0.870. The van der Waals surface area contributed by atoms with Gasteiger partial charge >= 0.3 is 5.97 Å². The monoisotopic (exact) mass is 301 g/mol. The lowest BCUT2D eigenvalue weighted by Crippen LogP contribution is -2.03. The van der Waals surface area contributed by atoms with Crippen molar-refractivity contribution in [2.45, 2.75) is 37.5 Å². The molecule has 0 aliphatic rings. The molecule has 5 heteroatoms. The lowest BCUT2D eigenvalue weighted by Gasteiger charge is -2.05. The molecule has 0 bridgehead atoms. The topological polar surface area (TPSA) is 52.3 Å². The van der Waals surface area contributed by atoms with E-state index < -0.39 is 0 Å². The lowest BCUT2D eigenvalue weighted by molar-refractivity contribution is -0.143. The first-order valence-corrected chi connectivity index (χ1v) is 7.83. The predicted molar refractivity (Wildman–Crippen MR) is 81.7 cm³/mol. The number of anilines is 1. The van der Waals surface area contributed by atoms with E-state index in [0.717, 1.165) is 35.6 Å². The van der Waals surface area contributed by atoms with E-state index >= 15 is 0 Å². The Labute approximate surface area is 123 Å². The molecule has 0 saturated carbocycles. The normalized spacial score (nSPS) is 10.4. The van der Waals surface area contributed by atoms with Crippen LogP contribution in [-0.4, -0.2) is 18.3 Å². The molecule has 106 valence electrons. The highest BCUT2D eigenvalue weighted by Gasteiger charge is 2.02. The van der Waals surface area contributed by atoms with Crippen LogP contribution in [0.3, 0.4) is 0 Å². The van der Waals surface area contributed by atoms with Crippen LogP contribution < -0.4 is 5.73 Å². The molecule has 0 aliphatic heterocycles. The van der Waals surface area contributed by atoms with Crippen molar-refractivity contribution in [3.8, 4) is 0 Å². The maximum absolute atomic E-state index is 11.1. The van der Waals surface area contributed by atoms with E-state index in [1.807, 2.05) is 19.1 Å². The van der Waals surface area contributed by atoms with Gasteiger partial charge in [0, 0.05) is 22.0 Å². The highest BCUT2D eigenvalue weighted by molar-refractivity contribution is 7.99. The number of halogens is 1. The van der Waals surface area contributed by atoms with Crippen LogP contribution in [0, 0.1) is 0 Å². The Morgan fingerprint density at radius 2 is 2.16 bits per heavy atom. The fourth-order valence-electron chi connectivity index (χ4n) is 1.61. The summed E-state index contributed by atoms with van der Waals surface area (Å²) in [6.45, 7) is 2.29. The minimum Gasteiger partial charge on any atom is -0.466 e. The van der Waals surface area contributed by atoms with Crippen molar-refractivity contribution in [1.82, 2.24) is 0 Å². The first-order valence-electron chi connectivity index (χ1n) is 6.47. The van der Waals surface area contributed by atoms with E-state index in [2.05, 4.69) is 0 Å². The summed E-state index contributed by atoms with van der Waals surface area (Å²) in [6, 6.07) is 5.56. The van der Waals surface area contributed by atoms with Gasteiger partial charge in [-0.15, -0.1) is 11.8 Å². The van der Waals surface area contributed by atoms with E-state index in [1.165, 1.54) is 0 Å². The molecule has 0 radical (unpaired) electrons. The maximum Gasteiger partial charge on any atom is 0.305 e. The van der Waals surface area contributed by atoms with E-state index in [9.17, 15) is 4.79 Å². The van der Waals surface area contributed by atoms with Crippen molar-refractivity contribution >= 4 is 35.0 Å². The van der Waals surface area contributed by atoms with Crippen LogP contribution in [-0.2, 0) is 9.53 Å². The molecule has 1 rings (SSSR count). The summed E-state index contributed by atoms with van der Waals surface area (Å²) in [7, 11) is 0. The Bertz CT molecular complexity index is 412. The number of hydrogen-bond donors (Lipinski definition) is 1. The van der Waals surface area contributed by atoms with Gasteiger partial charge in [-0.1, -0.05) is 18.0 Å². The number of unbranched alkanes of at least 4 members (excludes halogenated alkanes) is 2. The zero-order chi connectivity index (χ0) is 14.1. The molecule has 0 atom stereocenters. The molecule has 2 N–H and O–H groups in total. The molecule has 3 nitrogen and oxygen atoms in total. The minimum absolute atomic E-state index is 0.0999. The number of carbonyl (C=O) groups is 1. The molecular formula is C14H20ClNO2S. The Balaban J connectivity index is 2.12. The van der Waals surface area contributed by atoms with Crippen LogP contribution in [0.4, 0.5) is 5.69 Å². The second-order valence-corrected chi connectivity index (χ2v) is 5.72. The number of nitrogen functional groups attached to an aromatic ring is 1. The van der Waals surface area contributed by atoms with E-state index in [4.69, 9.17) is 22.1 Å². The van der Waals surface area contributed by atoms with Crippen LogP contribution >= 0.6 is 23.4 Å². The van der Waals surface area contributed by atoms with E-state index in [0.29, 0.717) is 18.1 Å². The molecule has 0 amide bonds. The first-order chi connectivity index (χ1) is 9.13.